The van der Waals surface area contributed by atoms with Crippen LogP contribution < -0.4 is 4.74 Å². The highest BCUT2D eigenvalue weighted by Gasteiger charge is 2.04. The third-order valence-corrected chi connectivity index (χ3v) is 3.58. The van der Waals surface area contributed by atoms with E-state index in [9.17, 15) is 4.79 Å². The van der Waals surface area contributed by atoms with Crippen LogP contribution in [0.1, 0.15) is 16.7 Å². The highest BCUT2D eigenvalue weighted by Crippen LogP contribution is 2.31. The molecule has 0 heterocycles. The van der Waals surface area contributed by atoms with E-state index in [-0.39, 0.29) is 0 Å². The molecular formula is C17H15BrO3. The molecule has 0 radical (unpaired) electrons. The van der Waals surface area contributed by atoms with Crippen LogP contribution in [0.3, 0.4) is 0 Å². The molecule has 1 N–H and O–H groups in total. The minimum absolute atomic E-state index is 0.713. The van der Waals surface area contributed by atoms with E-state index in [0.717, 1.165) is 33.0 Å². The van der Waals surface area contributed by atoms with Crippen molar-refractivity contribution in [1.29, 1.82) is 0 Å². The lowest BCUT2D eigenvalue weighted by Gasteiger charge is -2.10. The maximum atomic E-state index is 10.5. The van der Waals surface area contributed by atoms with Gasteiger partial charge in [-0.15, -0.1) is 0 Å². The summed E-state index contributed by atoms with van der Waals surface area (Å²) >= 11 is 3.48. The zero-order valence-electron chi connectivity index (χ0n) is 11.8. The van der Waals surface area contributed by atoms with Crippen molar-refractivity contribution in [3.05, 3.63) is 63.6 Å². The molecular weight excluding hydrogens is 332 g/mol. The van der Waals surface area contributed by atoms with Gasteiger partial charge in [0.05, 0.1) is 4.47 Å². The largest absolute Gasteiger partial charge is 0.478 e. The first-order chi connectivity index (χ1) is 9.95. The van der Waals surface area contributed by atoms with Crippen molar-refractivity contribution < 1.29 is 14.6 Å². The average Bonchev–Trinajstić information content (AvgIpc) is 2.41. The number of hydrogen-bond donors (Lipinski definition) is 1. The lowest BCUT2D eigenvalue weighted by molar-refractivity contribution is -0.131. The predicted octanol–water partition coefficient (Wildman–Crippen LogP) is 4.96. The fraction of sp³-hybridized carbons (Fsp3) is 0.118. The first kappa shape index (κ1) is 15.3. The highest BCUT2D eigenvalue weighted by molar-refractivity contribution is 9.10. The third-order valence-electron chi connectivity index (χ3n) is 2.96. The molecule has 0 aliphatic heterocycles. The Morgan fingerprint density at radius 3 is 2.57 bits per heavy atom. The van der Waals surface area contributed by atoms with Gasteiger partial charge in [-0.3, -0.25) is 0 Å². The molecule has 0 saturated carbocycles. The van der Waals surface area contributed by atoms with Crippen molar-refractivity contribution in [3.63, 3.8) is 0 Å². The van der Waals surface area contributed by atoms with Crippen LogP contribution in [0.5, 0.6) is 11.5 Å². The maximum absolute atomic E-state index is 10.5. The third kappa shape index (κ3) is 4.20. The van der Waals surface area contributed by atoms with Crippen LogP contribution in [0.25, 0.3) is 6.08 Å². The molecule has 0 spiro atoms. The van der Waals surface area contributed by atoms with Crippen molar-refractivity contribution in [2.45, 2.75) is 13.8 Å². The SMILES string of the molecule is Cc1ccc(Oc2ccc(C=CC(=O)O)c(C)c2)c(Br)c1. The Morgan fingerprint density at radius 2 is 1.95 bits per heavy atom. The number of aryl methyl sites for hydroxylation is 2. The van der Waals surface area contributed by atoms with Gasteiger partial charge in [-0.1, -0.05) is 12.1 Å². The molecule has 21 heavy (non-hydrogen) atoms. The number of benzene rings is 2. The summed E-state index contributed by atoms with van der Waals surface area (Å²) < 4.78 is 6.74. The molecule has 0 aliphatic carbocycles. The highest BCUT2D eigenvalue weighted by atomic mass is 79.9. The fourth-order valence-corrected chi connectivity index (χ4v) is 2.45. The second kappa shape index (κ2) is 6.59. The Morgan fingerprint density at radius 1 is 1.19 bits per heavy atom. The van der Waals surface area contributed by atoms with E-state index in [1.54, 1.807) is 6.08 Å². The lowest BCUT2D eigenvalue weighted by atomic mass is 10.1. The number of aliphatic carboxylic acids is 1. The van der Waals surface area contributed by atoms with Gasteiger partial charge < -0.3 is 9.84 Å². The van der Waals surface area contributed by atoms with Crippen molar-refractivity contribution in [2.75, 3.05) is 0 Å². The number of rotatable bonds is 4. The van der Waals surface area contributed by atoms with E-state index in [4.69, 9.17) is 9.84 Å². The van der Waals surface area contributed by atoms with E-state index < -0.39 is 5.97 Å². The first-order valence-corrected chi connectivity index (χ1v) is 7.20. The number of carboxylic acid groups (broad SMARTS) is 1. The summed E-state index contributed by atoms with van der Waals surface area (Å²) in [5.74, 6) is 0.497. The van der Waals surface area contributed by atoms with Gasteiger partial charge in [0, 0.05) is 6.08 Å². The Balaban J connectivity index is 2.22. The Kier molecular flexibility index (Phi) is 4.81. The zero-order valence-corrected chi connectivity index (χ0v) is 13.3. The van der Waals surface area contributed by atoms with Gasteiger partial charge >= 0.3 is 5.97 Å². The Labute approximate surface area is 132 Å². The molecule has 108 valence electrons. The van der Waals surface area contributed by atoms with Crippen LogP contribution in [0.4, 0.5) is 0 Å². The molecule has 0 saturated heterocycles. The minimum Gasteiger partial charge on any atom is -0.478 e. The summed E-state index contributed by atoms with van der Waals surface area (Å²) in [4.78, 5) is 10.5. The van der Waals surface area contributed by atoms with Gasteiger partial charge in [0.15, 0.2) is 0 Å². The number of carboxylic acids is 1. The number of ether oxygens (including phenoxy) is 1. The minimum atomic E-state index is -0.960. The number of carbonyl (C=O) groups is 1. The summed E-state index contributed by atoms with van der Waals surface area (Å²) in [7, 11) is 0. The van der Waals surface area contributed by atoms with E-state index in [1.165, 1.54) is 0 Å². The molecule has 0 aromatic heterocycles. The van der Waals surface area contributed by atoms with E-state index in [2.05, 4.69) is 15.9 Å². The fourth-order valence-electron chi connectivity index (χ4n) is 1.88. The van der Waals surface area contributed by atoms with E-state index in [1.807, 2.05) is 50.2 Å². The summed E-state index contributed by atoms with van der Waals surface area (Å²) in [5.41, 5.74) is 2.96. The van der Waals surface area contributed by atoms with Gasteiger partial charge in [0.1, 0.15) is 11.5 Å². The quantitative estimate of drug-likeness (QED) is 0.796. The number of hydrogen-bond acceptors (Lipinski definition) is 2. The lowest BCUT2D eigenvalue weighted by Crippen LogP contribution is -1.90. The van der Waals surface area contributed by atoms with Crippen molar-refractivity contribution in [1.82, 2.24) is 0 Å². The van der Waals surface area contributed by atoms with Crippen LogP contribution in [-0.4, -0.2) is 11.1 Å². The normalized spacial score (nSPS) is 10.8. The van der Waals surface area contributed by atoms with Crippen LogP contribution in [0.15, 0.2) is 46.9 Å². The standard InChI is InChI=1S/C17H15BrO3/c1-11-3-7-16(15(18)9-11)21-14-6-4-13(12(2)10-14)5-8-17(19)20/h3-10H,1-2H3,(H,19,20). The molecule has 0 unspecified atom stereocenters. The van der Waals surface area contributed by atoms with Gasteiger partial charge in [-0.2, -0.15) is 0 Å². The molecule has 0 amide bonds. The average molecular weight is 347 g/mol. The van der Waals surface area contributed by atoms with Crippen molar-refractivity contribution in [3.8, 4) is 11.5 Å². The van der Waals surface area contributed by atoms with E-state index in [0.29, 0.717) is 5.75 Å². The van der Waals surface area contributed by atoms with Gasteiger partial charge in [0.2, 0.25) is 0 Å². The second-order valence-electron chi connectivity index (χ2n) is 4.73. The molecule has 4 heteroatoms. The van der Waals surface area contributed by atoms with E-state index >= 15 is 0 Å². The smallest absolute Gasteiger partial charge is 0.328 e. The molecule has 2 aromatic carbocycles. The molecule has 3 nitrogen and oxygen atoms in total. The molecule has 0 aliphatic rings. The summed E-state index contributed by atoms with van der Waals surface area (Å²) in [6.07, 6.45) is 2.70. The van der Waals surface area contributed by atoms with Crippen LogP contribution >= 0.6 is 15.9 Å². The summed E-state index contributed by atoms with van der Waals surface area (Å²) in [6.45, 7) is 3.93. The molecule has 0 atom stereocenters. The summed E-state index contributed by atoms with van der Waals surface area (Å²) in [5, 5.41) is 8.65. The topological polar surface area (TPSA) is 46.5 Å². The van der Waals surface area contributed by atoms with Gasteiger partial charge in [-0.05, 0) is 76.8 Å². The zero-order chi connectivity index (χ0) is 15.4. The predicted molar refractivity (Wildman–Crippen MR) is 86.8 cm³/mol. The van der Waals surface area contributed by atoms with Crippen molar-refractivity contribution in [2.24, 2.45) is 0 Å². The van der Waals surface area contributed by atoms with Crippen LogP contribution in [-0.2, 0) is 4.79 Å². The van der Waals surface area contributed by atoms with Gasteiger partial charge in [0.25, 0.3) is 0 Å². The van der Waals surface area contributed by atoms with Crippen molar-refractivity contribution >= 4 is 28.0 Å². The monoisotopic (exact) mass is 346 g/mol. The maximum Gasteiger partial charge on any atom is 0.328 e. The molecule has 2 rings (SSSR count). The number of halogens is 1. The van der Waals surface area contributed by atoms with Crippen LogP contribution in [0.2, 0.25) is 0 Å². The Hall–Kier alpha value is -2.07. The second-order valence-corrected chi connectivity index (χ2v) is 5.58. The van der Waals surface area contributed by atoms with Crippen LogP contribution in [0, 0.1) is 13.8 Å². The summed E-state index contributed by atoms with van der Waals surface area (Å²) in [6, 6.07) is 11.4. The van der Waals surface area contributed by atoms with Gasteiger partial charge in [-0.25, -0.2) is 4.79 Å². The molecule has 0 bridgehead atoms. The molecule has 0 fully saturated rings. The first-order valence-electron chi connectivity index (χ1n) is 6.41. The Bertz CT molecular complexity index is 705. The molecule has 2 aromatic rings.